The van der Waals surface area contributed by atoms with E-state index in [-0.39, 0.29) is 0 Å². The molecule has 2 N–H and O–H groups in total. The first-order valence-electron chi connectivity index (χ1n) is 10.2. The second kappa shape index (κ2) is 10.4. The van der Waals surface area contributed by atoms with Crippen LogP contribution >= 0.6 is 11.3 Å². The summed E-state index contributed by atoms with van der Waals surface area (Å²) in [6, 6.07) is 8.67. The van der Waals surface area contributed by atoms with E-state index in [1.807, 2.05) is 17.5 Å². The predicted molar refractivity (Wildman–Crippen MR) is 119 cm³/mol. The Morgan fingerprint density at radius 3 is 2.39 bits per heavy atom. The normalized spacial score (nSPS) is 15.7. The minimum Gasteiger partial charge on any atom is -0.354 e. The fourth-order valence-electron chi connectivity index (χ4n) is 3.29. The zero-order valence-electron chi connectivity index (χ0n) is 17.2. The van der Waals surface area contributed by atoms with Crippen LogP contribution in [0.4, 0.5) is 5.82 Å². The third-order valence-electron chi connectivity index (χ3n) is 5.13. The van der Waals surface area contributed by atoms with Gasteiger partial charge in [0.15, 0.2) is 5.96 Å². The summed E-state index contributed by atoms with van der Waals surface area (Å²) in [7, 11) is 1.80. The molecule has 0 saturated carbocycles. The van der Waals surface area contributed by atoms with Crippen molar-refractivity contribution in [1.29, 1.82) is 0 Å². The van der Waals surface area contributed by atoms with Crippen molar-refractivity contribution in [2.45, 2.75) is 33.4 Å². The van der Waals surface area contributed by atoms with E-state index in [1.54, 1.807) is 7.05 Å². The van der Waals surface area contributed by atoms with Gasteiger partial charge in [0, 0.05) is 55.7 Å². The van der Waals surface area contributed by atoms with E-state index < -0.39 is 0 Å². The molecule has 0 unspecified atom stereocenters. The molecule has 0 atom stereocenters. The van der Waals surface area contributed by atoms with Crippen LogP contribution in [0.15, 0.2) is 35.5 Å². The molecule has 2 aromatic rings. The summed E-state index contributed by atoms with van der Waals surface area (Å²) in [5, 5.41) is 6.75. The van der Waals surface area contributed by atoms with E-state index >= 15 is 0 Å². The van der Waals surface area contributed by atoms with Gasteiger partial charge in [-0.25, -0.2) is 4.98 Å². The molecule has 1 aliphatic heterocycles. The number of nitrogens with zero attached hydrogens (tertiary/aromatic N) is 4. The number of thiophene rings is 1. The summed E-state index contributed by atoms with van der Waals surface area (Å²) >= 11 is 1.85. The minimum atomic E-state index is 0.710. The third-order valence-corrected chi connectivity index (χ3v) is 6.36. The molecule has 1 fully saturated rings. The molecule has 0 spiro atoms. The molecule has 3 rings (SSSR count). The van der Waals surface area contributed by atoms with Gasteiger partial charge in [-0.15, -0.1) is 11.3 Å². The van der Waals surface area contributed by atoms with Gasteiger partial charge in [0.05, 0.1) is 6.54 Å². The van der Waals surface area contributed by atoms with Crippen molar-refractivity contribution < 1.29 is 0 Å². The number of aromatic nitrogens is 1. The van der Waals surface area contributed by atoms with Crippen molar-refractivity contribution in [3.63, 3.8) is 0 Å². The molecular weight excluding hydrogens is 368 g/mol. The van der Waals surface area contributed by atoms with E-state index in [0.29, 0.717) is 6.54 Å². The Morgan fingerprint density at radius 2 is 1.79 bits per heavy atom. The Hall–Kier alpha value is -2.12. The fourth-order valence-corrected chi connectivity index (χ4v) is 4.18. The average molecular weight is 401 g/mol. The van der Waals surface area contributed by atoms with Gasteiger partial charge in [-0.3, -0.25) is 4.99 Å². The number of hydrogen-bond acceptors (Lipinski definition) is 5. The summed E-state index contributed by atoms with van der Waals surface area (Å²) in [6.07, 6.45) is 3.06. The van der Waals surface area contributed by atoms with Crippen molar-refractivity contribution >= 4 is 23.1 Å². The lowest BCUT2D eigenvalue weighted by atomic mass is 10.2. The van der Waals surface area contributed by atoms with Crippen molar-refractivity contribution in [3.05, 3.63) is 45.8 Å². The largest absolute Gasteiger partial charge is 0.354 e. The number of rotatable bonds is 7. The lowest BCUT2D eigenvalue weighted by Crippen LogP contribution is -2.46. The Bertz CT molecular complexity index is 747. The SMILES string of the molecule is CCc1ccc(CNC(=NC)NCc2ccc(N3CCN(CC)CC3)nc2)s1. The lowest BCUT2D eigenvalue weighted by molar-refractivity contribution is 0.270. The van der Waals surface area contributed by atoms with Crippen molar-refractivity contribution in [3.8, 4) is 0 Å². The summed E-state index contributed by atoms with van der Waals surface area (Å²) in [4.78, 5) is 16.6. The van der Waals surface area contributed by atoms with Crippen LogP contribution < -0.4 is 15.5 Å². The summed E-state index contributed by atoms with van der Waals surface area (Å²) in [5.41, 5.74) is 1.16. The number of nitrogens with one attached hydrogen (secondary N) is 2. The van der Waals surface area contributed by atoms with Crippen LogP contribution in [0.2, 0.25) is 0 Å². The van der Waals surface area contributed by atoms with Gasteiger partial charge in [-0.05, 0) is 36.7 Å². The second-order valence-electron chi connectivity index (χ2n) is 6.95. The maximum Gasteiger partial charge on any atom is 0.191 e. The van der Waals surface area contributed by atoms with Crippen molar-refractivity contribution in [2.75, 3.05) is 44.7 Å². The first-order chi connectivity index (χ1) is 13.7. The van der Waals surface area contributed by atoms with Crippen LogP contribution in [0.1, 0.15) is 29.2 Å². The standard InChI is InChI=1S/C21H32N6S/c1-4-18-7-8-19(28-18)16-25-21(22-3)24-15-17-6-9-20(23-14-17)27-12-10-26(5-2)11-13-27/h6-9,14H,4-5,10-13,15-16H2,1-3H3,(H2,22,24,25). The zero-order chi connectivity index (χ0) is 19.8. The number of aliphatic imine (C=N–C) groups is 1. The van der Waals surface area contributed by atoms with E-state index in [2.05, 4.69) is 68.5 Å². The Morgan fingerprint density at radius 1 is 1.04 bits per heavy atom. The van der Waals surface area contributed by atoms with Gasteiger partial charge in [-0.1, -0.05) is 19.9 Å². The van der Waals surface area contributed by atoms with Crippen LogP contribution in [0.25, 0.3) is 0 Å². The number of piperazine rings is 1. The molecule has 0 radical (unpaired) electrons. The number of hydrogen-bond donors (Lipinski definition) is 2. The van der Waals surface area contributed by atoms with Crippen LogP contribution in [-0.2, 0) is 19.5 Å². The second-order valence-corrected chi connectivity index (χ2v) is 8.20. The molecule has 7 heteroatoms. The number of likely N-dealkylation sites (N-methyl/N-ethyl adjacent to an activating group) is 1. The maximum atomic E-state index is 4.67. The molecule has 0 bridgehead atoms. The summed E-state index contributed by atoms with van der Waals surface area (Å²) in [5.74, 6) is 1.89. The Kier molecular flexibility index (Phi) is 7.68. The third kappa shape index (κ3) is 5.69. The highest BCUT2D eigenvalue weighted by atomic mass is 32.1. The van der Waals surface area contributed by atoms with Crippen LogP contribution in [0, 0.1) is 0 Å². The molecule has 0 aliphatic carbocycles. The van der Waals surface area contributed by atoms with Gasteiger partial charge < -0.3 is 20.4 Å². The van der Waals surface area contributed by atoms with E-state index in [1.165, 1.54) is 9.75 Å². The van der Waals surface area contributed by atoms with Gasteiger partial charge in [-0.2, -0.15) is 0 Å². The Balaban J connectivity index is 1.45. The van der Waals surface area contributed by atoms with Gasteiger partial charge in [0.2, 0.25) is 0 Å². The number of aryl methyl sites for hydroxylation is 1. The quantitative estimate of drug-likeness (QED) is 0.553. The number of guanidine groups is 1. The van der Waals surface area contributed by atoms with Crippen molar-refractivity contribution in [2.24, 2.45) is 4.99 Å². The number of pyridine rings is 1. The average Bonchev–Trinajstić information content (AvgIpc) is 3.22. The molecule has 3 heterocycles. The van der Waals surface area contributed by atoms with Gasteiger partial charge in [0.1, 0.15) is 5.82 Å². The van der Waals surface area contributed by atoms with E-state index in [4.69, 9.17) is 0 Å². The van der Waals surface area contributed by atoms with Gasteiger partial charge >= 0.3 is 0 Å². The van der Waals surface area contributed by atoms with Crippen LogP contribution in [0.5, 0.6) is 0 Å². The molecule has 1 aliphatic rings. The van der Waals surface area contributed by atoms with Gasteiger partial charge in [0.25, 0.3) is 0 Å². The number of anilines is 1. The monoisotopic (exact) mass is 400 g/mol. The van der Waals surface area contributed by atoms with Crippen molar-refractivity contribution in [1.82, 2.24) is 20.5 Å². The fraction of sp³-hybridized carbons (Fsp3) is 0.524. The molecule has 152 valence electrons. The van der Waals surface area contributed by atoms with E-state index in [9.17, 15) is 0 Å². The van der Waals surface area contributed by atoms with Crippen LogP contribution in [-0.4, -0.2) is 55.6 Å². The smallest absolute Gasteiger partial charge is 0.191 e. The summed E-state index contributed by atoms with van der Waals surface area (Å²) < 4.78 is 0. The molecular formula is C21H32N6S. The highest BCUT2D eigenvalue weighted by molar-refractivity contribution is 7.11. The minimum absolute atomic E-state index is 0.710. The lowest BCUT2D eigenvalue weighted by Gasteiger charge is -2.34. The Labute approximate surface area is 172 Å². The molecule has 28 heavy (non-hydrogen) atoms. The maximum absolute atomic E-state index is 4.67. The highest BCUT2D eigenvalue weighted by Crippen LogP contribution is 2.16. The summed E-state index contributed by atoms with van der Waals surface area (Å²) in [6.45, 7) is 11.4. The topological polar surface area (TPSA) is 55.8 Å². The molecule has 1 saturated heterocycles. The predicted octanol–water partition coefficient (Wildman–Crippen LogP) is 2.71. The molecule has 6 nitrogen and oxygen atoms in total. The first-order valence-corrected chi connectivity index (χ1v) is 11.0. The molecule has 0 aromatic carbocycles. The van der Waals surface area contributed by atoms with E-state index in [0.717, 1.165) is 63.0 Å². The first kappa shape index (κ1) is 20.6. The van der Waals surface area contributed by atoms with Crippen LogP contribution in [0.3, 0.4) is 0 Å². The molecule has 2 aromatic heterocycles. The zero-order valence-corrected chi connectivity index (χ0v) is 18.1. The molecule has 0 amide bonds. The highest BCUT2D eigenvalue weighted by Gasteiger charge is 2.16.